The van der Waals surface area contributed by atoms with Crippen molar-refractivity contribution >= 4 is 10.0 Å². The number of nitrogens with zero attached hydrogens (tertiary/aromatic N) is 2. The molecule has 0 bridgehead atoms. The van der Waals surface area contributed by atoms with Crippen LogP contribution in [0, 0.1) is 5.92 Å². The van der Waals surface area contributed by atoms with E-state index < -0.39 is 10.0 Å². The highest BCUT2D eigenvalue weighted by molar-refractivity contribution is 7.89. The summed E-state index contributed by atoms with van der Waals surface area (Å²) in [5.41, 5.74) is 0. The quantitative estimate of drug-likeness (QED) is 0.793. The Morgan fingerprint density at radius 1 is 1.32 bits per heavy atom. The lowest BCUT2D eigenvalue weighted by molar-refractivity contribution is 0.352. The fraction of sp³-hybridized carbons (Fsp3) is 1.00. The number of likely N-dealkylation sites (tertiary alicyclic amines) is 1. The van der Waals surface area contributed by atoms with E-state index in [-0.39, 0.29) is 11.8 Å². The van der Waals surface area contributed by atoms with Gasteiger partial charge < -0.3 is 10.2 Å². The smallest absolute Gasteiger partial charge is 0.215 e. The van der Waals surface area contributed by atoms with Gasteiger partial charge >= 0.3 is 0 Å². The molecule has 2 aliphatic rings. The molecule has 0 aliphatic carbocycles. The molecule has 0 aromatic heterocycles. The van der Waals surface area contributed by atoms with Gasteiger partial charge in [-0.2, -0.15) is 0 Å². The predicted octanol–water partition coefficient (Wildman–Crippen LogP) is 0.342. The number of nitrogens with one attached hydrogen (secondary N) is 1. The van der Waals surface area contributed by atoms with Crippen LogP contribution in [0.3, 0.4) is 0 Å². The number of rotatable bonds is 5. The van der Waals surface area contributed by atoms with Gasteiger partial charge in [0.2, 0.25) is 10.0 Å². The van der Waals surface area contributed by atoms with Crippen molar-refractivity contribution in [2.75, 3.05) is 46.0 Å². The SMILES string of the molecule is CN1CCC(CN(C)S(=O)(=O)CC2CCCCN2)C1. The largest absolute Gasteiger partial charge is 0.313 e. The zero-order valence-corrected chi connectivity index (χ0v) is 13.0. The first-order chi connectivity index (χ1) is 8.97. The Kier molecular flexibility index (Phi) is 5.22. The monoisotopic (exact) mass is 289 g/mol. The first-order valence-corrected chi connectivity index (χ1v) is 8.94. The summed E-state index contributed by atoms with van der Waals surface area (Å²) in [6, 6.07) is 0.146. The number of piperidine rings is 1. The van der Waals surface area contributed by atoms with Crippen LogP contribution in [0.1, 0.15) is 25.7 Å². The molecular formula is C13H27N3O2S. The summed E-state index contributed by atoms with van der Waals surface area (Å²) in [4.78, 5) is 2.27. The van der Waals surface area contributed by atoms with Crippen LogP contribution in [0.15, 0.2) is 0 Å². The Hall–Kier alpha value is -0.170. The maximum atomic E-state index is 12.3. The minimum absolute atomic E-state index is 0.146. The van der Waals surface area contributed by atoms with E-state index >= 15 is 0 Å². The van der Waals surface area contributed by atoms with Gasteiger partial charge in [0.25, 0.3) is 0 Å². The van der Waals surface area contributed by atoms with Gasteiger partial charge in [0.1, 0.15) is 0 Å². The highest BCUT2D eigenvalue weighted by Gasteiger charge is 2.28. The second kappa shape index (κ2) is 6.52. The standard InChI is InChI=1S/C13H27N3O2S/c1-15-8-6-12(9-15)10-16(2)19(17,18)11-13-5-3-4-7-14-13/h12-14H,3-11H2,1-2H3. The molecule has 2 atom stereocenters. The molecule has 0 amide bonds. The van der Waals surface area contributed by atoms with Crippen LogP contribution < -0.4 is 5.32 Å². The summed E-state index contributed by atoms with van der Waals surface area (Å²) in [7, 11) is 0.718. The second-order valence-corrected chi connectivity index (χ2v) is 8.24. The normalized spacial score (nSPS) is 30.1. The number of sulfonamides is 1. The molecule has 19 heavy (non-hydrogen) atoms. The summed E-state index contributed by atoms with van der Waals surface area (Å²) >= 11 is 0. The van der Waals surface area contributed by atoms with Gasteiger partial charge in [-0.05, 0) is 45.3 Å². The van der Waals surface area contributed by atoms with Crippen molar-refractivity contribution in [3.8, 4) is 0 Å². The van der Waals surface area contributed by atoms with E-state index in [4.69, 9.17) is 0 Å². The third-order valence-corrected chi connectivity index (χ3v) is 6.23. The van der Waals surface area contributed by atoms with Crippen molar-refractivity contribution in [2.24, 2.45) is 5.92 Å². The van der Waals surface area contributed by atoms with E-state index in [1.54, 1.807) is 11.4 Å². The van der Waals surface area contributed by atoms with E-state index in [0.29, 0.717) is 12.5 Å². The van der Waals surface area contributed by atoms with E-state index in [9.17, 15) is 8.42 Å². The molecule has 2 saturated heterocycles. The molecule has 2 rings (SSSR count). The average Bonchev–Trinajstić information content (AvgIpc) is 2.75. The Morgan fingerprint density at radius 3 is 2.68 bits per heavy atom. The van der Waals surface area contributed by atoms with Crippen molar-refractivity contribution in [3.05, 3.63) is 0 Å². The van der Waals surface area contributed by atoms with E-state index in [1.165, 1.54) is 6.42 Å². The summed E-state index contributed by atoms with van der Waals surface area (Å²) in [6.45, 7) is 3.72. The van der Waals surface area contributed by atoms with Crippen molar-refractivity contribution in [2.45, 2.75) is 31.7 Å². The molecule has 5 nitrogen and oxygen atoms in total. The molecule has 0 radical (unpaired) electrons. The van der Waals surface area contributed by atoms with Gasteiger partial charge in [-0.15, -0.1) is 0 Å². The zero-order valence-electron chi connectivity index (χ0n) is 12.1. The first kappa shape index (κ1) is 15.2. The van der Waals surface area contributed by atoms with Crippen LogP contribution in [-0.2, 0) is 10.0 Å². The summed E-state index contributed by atoms with van der Waals surface area (Å²) in [5, 5.41) is 3.32. The molecule has 0 saturated carbocycles. The summed E-state index contributed by atoms with van der Waals surface area (Å²) in [6.07, 6.45) is 4.41. The molecule has 0 aromatic carbocycles. The van der Waals surface area contributed by atoms with Gasteiger partial charge in [-0.1, -0.05) is 6.42 Å². The van der Waals surface area contributed by atoms with E-state index in [0.717, 1.165) is 38.9 Å². The molecule has 2 heterocycles. The number of hydrogen-bond acceptors (Lipinski definition) is 4. The minimum atomic E-state index is -3.11. The minimum Gasteiger partial charge on any atom is -0.313 e. The lowest BCUT2D eigenvalue weighted by Gasteiger charge is -2.27. The highest BCUT2D eigenvalue weighted by Crippen LogP contribution is 2.18. The van der Waals surface area contributed by atoms with Crippen LogP contribution in [0.2, 0.25) is 0 Å². The van der Waals surface area contributed by atoms with Crippen LogP contribution >= 0.6 is 0 Å². The number of hydrogen-bond donors (Lipinski definition) is 1. The molecule has 6 heteroatoms. The van der Waals surface area contributed by atoms with Crippen LogP contribution in [0.4, 0.5) is 0 Å². The van der Waals surface area contributed by atoms with Crippen molar-refractivity contribution in [3.63, 3.8) is 0 Å². The maximum Gasteiger partial charge on any atom is 0.215 e. The van der Waals surface area contributed by atoms with Crippen molar-refractivity contribution in [1.82, 2.24) is 14.5 Å². The lowest BCUT2D eigenvalue weighted by atomic mass is 10.1. The maximum absolute atomic E-state index is 12.3. The van der Waals surface area contributed by atoms with Crippen molar-refractivity contribution < 1.29 is 8.42 Å². The van der Waals surface area contributed by atoms with Gasteiger partial charge in [0.15, 0.2) is 0 Å². The van der Waals surface area contributed by atoms with Gasteiger partial charge in [0.05, 0.1) is 5.75 Å². The van der Waals surface area contributed by atoms with Crippen molar-refractivity contribution in [1.29, 1.82) is 0 Å². The molecule has 2 unspecified atom stereocenters. The fourth-order valence-electron chi connectivity index (χ4n) is 3.10. The second-order valence-electron chi connectivity index (χ2n) is 6.12. The van der Waals surface area contributed by atoms with Crippen LogP contribution in [0.25, 0.3) is 0 Å². The third-order valence-electron chi connectivity index (χ3n) is 4.30. The predicted molar refractivity (Wildman–Crippen MR) is 77.7 cm³/mol. The highest BCUT2D eigenvalue weighted by atomic mass is 32.2. The molecular weight excluding hydrogens is 262 g/mol. The molecule has 2 fully saturated rings. The fourth-order valence-corrected chi connectivity index (χ4v) is 4.59. The Bertz CT molecular complexity index is 379. The Balaban J connectivity index is 1.83. The Morgan fingerprint density at radius 2 is 2.11 bits per heavy atom. The molecule has 0 aromatic rings. The summed E-state index contributed by atoms with van der Waals surface area (Å²) < 4.78 is 26.3. The lowest BCUT2D eigenvalue weighted by Crippen LogP contribution is -2.44. The zero-order chi connectivity index (χ0) is 13.9. The average molecular weight is 289 g/mol. The molecule has 1 N–H and O–H groups in total. The Labute approximate surface area is 117 Å². The van der Waals surface area contributed by atoms with Gasteiger partial charge in [-0.3, -0.25) is 0 Å². The summed E-state index contributed by atoms with van der Waals surface area (Å²) in [5.74, 6) is 0.746. The third kappa shape index (κ3) is 4.41. The van der Waals surface area contributed by atoms with E-state index in [2.05, 4.69) is 17.3 Å². The topological polar surface area (TPSA) is 52.7 Å². The van der Waals surface area contributed by atoms with Crippen LogP contribution in [-0.4, -0.2) is 69.7 Å². The van der Waals surface area contributed by atoms with Crippen LogP contribution in [0.5, 0.6) is 0 Å². The van der Waals surface area contributed by atoms with Gasteiger partial charge in [-0.25, -0.2) is 12.7 Å². The first-order valence-electron chi connectivity index (χ1n) is 7.33. The molecule has 0 spiro atoms. The van der Waals surface area contributed by atoms with E-state index in [1.807, 2.05) is 0 Å². The molecule has 112 valence electrons. The molecule has 2 aliphatic heterocycles. The van der Waals surface area contributed by atoms with Gasteiger partial charge in [0, 0.05) is 26.2 Å².